The van der Waals surface area contributed by atoms with Crippen LogP contribution in [0.5, 0.6) is 0 Å². The van der Waals surface area contributed by atoms with Gasteiger partial charge in [-0.15, -0.1) is 0 Å². The van der Waals surface area contributed by atoms with Crippen molar-refractivity contribution in [2.45, 2.75) is 59.8 Å². The molecule has 108 valence electrons. The van der Waals surface area contributed by atoms with E-state index in [1.807, 2.05) is 6.92 Å². The van der Waals surface area contributed by atoms with Crippen molar-refractivity contribution in [3.05, 3.63) is 33.9 Å². The van der Waals surface area contributed by atoms with Crippen LogP contribution in [0.15, 0.2) is 6.07 Å². The van der Waals surface area contributed by atoms with Crippen LogP contribution in [-0.2, 0) is 0 Å². The minimum absolute atomic E-state index is 0.0896. The summed E-state index contributed by atoms with van der Waals surface area (Å²) in [5.41, 5.74) is 5.74. The molecule has 0 bridgehead atoms. The lowest BCUT2D eigenvalue weighted by Crippen LogP contribution is -2.37. The van der Waals surface area contributed by atoms with Crippen molar-refractivity contribution in [1.82, 2.24) is 5.32 Å². The highest BCUT2D eigenvalue weighted by atomic mass is 16.3. The summed E-state index contributed by atoms with van der Waals surface area (Å²) in [5.74, 6) is 0. The topological polar surface area (TPSA) is 52.5 Å². The number of hydrogen-bond donors (Lipinski definition) is 3. The maximum absolute atomic E-state index is 10.6. The minimum atomic E-state index is -0.558. The number of aliphatic hydroxyl groups is 2. The first kappa shape index (κ1) is 16.2. The second-order valence-electron chi connectivity index (χ2n) is 5.66. The average Bonchev–Trinajstić information content (AvgIpc) is 2.33. The fraction of sp³-hybridized carbons (Fsp3) is 0.625. The van der Waals surface area contributed by atoms with Crippen LogP contribution in [0.3, 0.4) is 0 Å². The Morgan fingerprint density at radius 3 is 1.89 bits per heavy atom. The van der Waals surface area contributed by atoms with Gasteiger partial charge in [0.1, 0.15) is 0 Å². The first-order valence-corrected chi connectivity index (χ1v) is 6.92. The van der Waals surface area contributed by atoms with Crippen LogP contribution in [0, 0.1) is 27.7 Å². The number of rotatable bonds is 5. The molecule has 0 spiro atoms. The van der Waals surface area contributed by atoms with Gasteiger partial charge in [0.2, 0.25) is 0 Å². The van der Waals surface area contributed by atoms with Crippen molar-refractivity contribution >= 4 is 0 Å². The first-order valence-electron chi connectivity index (χ1n) is 6.92. The predicted molar refractivity (Wildman–Crippen MR) is 79.5 cm³/mol. The highest BCUT2D eigenvalue weighted by Gasteiger charge is 2.21. The zero-order valence-corrected chi connectivity index (χ0v) is 12.9. The SMILES string of the molecule is Cc1cc(C)c(C)c(C(O)C(C)NCC(C)O)c1C. The lowest BCUT2D eigenvalue weighted by molar-refractivity contribution is 0.120. The molecule has 0 aliphatic carbocycles. The van der Waals surface area contributed by atoms with E-state index in [0.717, 1.165) is 16.7 Å². The van der Waals surface area contributed by atoms with Gasteiger partial charge in [-0.1, -0.05) is 6.07 Å². The molecule has 1 rings (SSSR count). The number of nitrogens with one attached hydrogen (secondary N) is 1. The fourth-order valence-electron chi connectivity index (χ4n) is 2.41. The third-order valence-corrected chi connectivity index (χ3v) is 3.93. The molecule has 1 aromatic carbocycles. The maximum Gasteiger partial charge on any atom is 0.0945 e. The summed E-state index contributed by atoms with van der Waals surface area (Å²) < 4.78 is 0. The van der Waals surface area contributed by atoms with Gasteiger partial charge >= 0.3 is 0 Å². The zero-order valence-electron chi connectivity index (χ0n) is 12.9. The van der Waals surface area contributed by atoms with Gasteiger partial charge in [0.15, 0.2) is 0 Å². The molecule has 3 N–H and O–H groups in total. The molecule has 3 unspecified atom stereocenters. The molecule has 0 saturated heterocycles. The molecule has 0 aromatic heterocycles. The monoisotopic (exact) mass is 265 g/mol. The van der Waals surface area contributed by atoms with Crippen LogP contribution >= 0.6 is 0 Å². The lowest BCUT2D eigenvalue weighted by Gasteiger charge is -2.26. The minimum Gasteiger partial charge on any atom is -0.392 e. The van der Waals surface area contributed by atoms with Gasteiger partial charge in [0, 0.05) is 12.6 Å². The van der Waals surface area contributed by atoms with Crippen molar-refractivity contribution in [3.63, 3.8) is 0 Å². The van der Waals surface area contributed by atoms with Gasteiger partial charge in [0.25, 0.3) is 0 Å². The van der Waals surface area contributed by atoms with E-state index >= 15 is 0 Å². The van der Waals surface area contributed by atoms with Crippen molar-refractivity contribution in [3.8, 4) is 0 Å². The normalized spacial score (nSPS) is 16.2. The second-order valence-corrected chi connectivity index (χ2v) is 5.66. The number of hydrogen-bond acceptors (Lipinski definition) is 3. The third kappa shape index (κ3) is 3.78. The Morgan fingerprint density at radius 2 is 1.47 bits per heavy atom. The highest BCUT2D eigenvalue weighted by Crippen LogP contribution is 2.29. The van der Waals surface area contributed by atoms with Gasteiger partial charge in [-0.3, -0.25) is 0 Å². The summed E-state index contributed by atoms with van der Waals surface area (Å²) in [4.78, 5) is 0. The van der Waals surface area contributed by atoms with Crippen molar-refractivity contribution in [1.29, 1.82) is 0 Å². The van der Waals surface area contributed by atoms with Crippen molar-refractivity contribution < 1.29 is 10.2 Å². The molecule has 0 heterocycles. The molecule has 3 nitrogen and oxygen atoms in total. The first-order chi connectivity index (χ1) is 8.75. The van der Waals surface area contributed by atoms with Crippen LogP contribution in [0.4, 0.5) is 0 Å². The summed E-state index contributed by atoms with van der Waals surface area (Å²) in [6.07, 6.45) is -0.964. The van der Waals surface area contributed by atoms with Crippen LogP contribution in [0.2, 0.25) is 0 Å². The van der Waals surface area contributed by atoms with E-state index in [1.54, 1.807) is 6.92 Å². The molecule has 19 heavy (non-hydrogen) atoms. The summed E-state index contributed by atoms with van der Waals surface area (Å²) in [6.45, 7) is 12.4. The molecule has 0 amide bonds. The van der Waals surface area contributed by atoms with E-state index < -0.39 is 12.2 Å². The average molecular weight is 265 g/mol. The van der Waals surface area contributed by atoms with Crippen LogP contribution in [0.1, 0.15) is 47.8 Å². The molecule has 3 atom stereocenters. The van der Waals surface area contributed by atoms with E-state index in [1.165, 1.54) is 11.1 Å². The second kappa shape index (κ2) is 6.51. The van der Waals surface area contributed by atoms with Gasteiger partial charge in [-0.05, 0) is 69.4 Å². The molecule has 0 aliphatic heterocycles. The highest BCUT2D eigenvalue weighted by molar-refractivity contribution is 5.45. The van der Waals surface area contributed by atoms with Crippen LogP contribution in [0.25, 0.3) is 0 Å². The van der Waals surface area contributed by atoms with Crippen molar-refractivity contribution in [2.75, 3.05) is 6.54 Å². The Bertz CT molecular complexity index is 415. The third-order valence-electron chi connectivity index (χ3n) is 3.93. The molecular weight excluding hydrogens is 238 g/mol. The number of aryl methyl sites for hydroxylation is 2. The van der Waals surface area contributed by atoms with Crippen LogP contribution < -0.4 is 5.32 Å². The predicted octanol–water partition coefficient (Wildman–Crippen LogP) is 2.31. The summed E-state index contributed by atoms with van der Waals surface area (Å²) in [6, 6.07) is 2.07. The van der Waals surface area contributed by atoms with Crippen molar-refractivity contribution in [2.24, 2.45) is 0 Å². The van der Waals surface area contributed by atoms with E-state index in [2.05, 4.69) is 39.1 Å². The van der Waals surface area contributed by atoms with Gasteiger partial charge in [-0.25, -0.2) is 0 Å². The quantitative estimate of drug-likeness (QED) is 0.766. The molecule has 1 aromatic rings. The van der Waals surface area contributed by atoms with Gasteiger partial charge < -0.3 is 15.5 Å². The maximum atomic E-state index is 10.6. The van der Waals surface area contributed by atoms with Gasteiger partial charge in [0.05, 0.1) is 12.2 Å². The summed E-state index contributed by atoms with van der Waals surface area (Å²) in [7, 11) is 0. The Labute approximate surface area is 116 Å². The number of benzene rings is 1. The lowest BCUT2D eigenvalue weighted by atomic mass is 9.88. The van der Waals surface area contributed by atoms with E-state index in [-0.39, 0.29) is 6.04 Å². The van der Waals surface area contributed by atoms with Gasteiger partial charge in [-0.2, -0.15) is 0 Å². The Morgan fingerprint density at radius 1 is 1.00 bits per heavy atom. The Balaban J connectivity index is 3.02. The Kier molecular flexibility index (Phi) is 5.53. The Hall–Kier alpha value is -0.900. The standard InChI is InChI=1S/C16H27NO2/c1-9-7-10(2)13(5)15(12(9)4)16(19)14(6)17-8-11(3)18/h7,11,14,16-19H,8H2,1-6H3. The molecule has 0 saturated carbocycles. The van der Waals surface area contributed by atoms with E-state index in [0.29, 0.717) is 6.54 Å². The van der Waals surface area contributed by atoms with E-state index in [4.69, 9.17) is 0 Å². The number of aliphatic hydroxyl groups excluding tert-OH is 2. The van der Waals surface area contributed by atoms with Crippen LogP contribution in [-0.4, -0.2) is 28.9 Å². The largest absolute Gasteiger partial charge is 0.392 e. The molecule has 0 fully saturated rings. The summed E-state index contributed by atoms with van der Waals surface area (Å²) in [5, 5.41) is 23.0. The molecule has 0 radical (unpaired) electrons. The molecular formula is C16H27NO2. The molecule has 3 heteroatoms. The summed E-state index contributed by atoms with van der Waals surface area (Å²) >= 11 is 0. The molecule has 0 aliphatic rings. The fourth-order valence-corrected chi connectivity index (χ4v) is 2.41. The smallest absolute Gasteiger partial charge is 0.0945 e. The van der Waals surface area contributed by atoms with E-state index in [9.17, 15) is 10.2 Å². The zero-order chi connectivity index (χ0) is 14.7.